The highest BCUT2D eigenvalue weighted by atomic mass is 35.5. The van der Waals surface area contributed by atoms with Gasteiger partial charge in [0.25, 0.3) is 0 Å². The van der Waals surface area contributed by atoms with E-state index in [1.807, 2.05) is 32.9 Å². The number of ether oxygens (including phenoxy) is 1. The number of likely N-dealkylation sites (N-methyl/N-ethyl adjacent to an activating group) is 1. The Morgan fingerprint density at radius 1 is 1.14 bits per heavy atom. The van der Waals surface area contributed by atoms with Gasteiger partial charge in [-0.25, -0.2) is 8.42 Å². The Hall–Kier alpha value is -2.09. The predicted octanol–water partition coefficient (Wildman–Crippen LogP) is 4.00. The largest absolute Gasteiger partial charge is 0.492 e. The molecule has 1 N–H and O–H groups in total. The Kier molecular flexibility index (Phi) is 7.46. The van der Waals surface area contributed by atoms with Crippen LogP contribution in [0.1, 0.15) is 25.0 Å². The van der Waals surface area contributed by atoms with Gasteiger partial charge in [0.1, 0.15) is 5.75 Å². The highest BCUT2D eigenvalue weighted by Gasteiger charge is 2.26. The van der Waals surface area contributed by atoms with Crippen LogP contribution in [-0.4, -0.2) is 38.3 Å². The van der Waals surface area contributed by atoms with Crippen LogP contribution in [0.4, 0.5) is 5.69 Å². The van der Waals surface area contributed by atoms with E-state index < -0.39 is 15.9 Å². The molecule has 8 heteroatoms. The monoisotopic (exact) mass is 424 g/mol. The molecule has 0 atom stereocenters. The number of carbonyl (C=O) groups excluding carboxylic acids is 1. The average molecular weight is 425 g/mol. The molecule has 0 saturated heterocycles. The van der Waals surface area contributed by atoms with Gasteiger partial charge in [0.05, 0.1) is 23.1 Å². The zero-order valence-corrected chi connectivity index (χ0v) is 18.0. The molecule has 6 nitrogen and oxygen atoms in total. The molecule has 0 heterocycles. The fourth-order valence-electron chi connectivity index (χ4n) is 2.73. The van der Waals surface area contributed by atoms with Gasteiger partial charge in [-0.3, -0.25) is 4.79 Å². The number of halogens is 1. The minimum Gasteiger partial charge on any atom is -0.492 e. The quantitative estimate of drug-likeness (QED) is 0.694. The summed E-state index contributed by atoms with van der Waals surface area (Å²) in [6.07, 6.45) is 0. The molecule has 152 valence electrons. The molecule has 0 fully saturated rings. The smallest absolute Gasteiger partial charge is 0.243 e. The molecule has 2 rings (SSSR count). The average Bonchev–Trinajstić information content (AvgIpc) is 2.63. The van der Waals surface area contributed by atoms with Crippen molar-refractivity contribution in [1.29, 1.82) is 0 Å². The second kappa shape index (κ2) is 9.41. The molecule has 0 aliphatic rings. The van der Waals surface area contributed by atoms with E-state index in [1.54, 1.807) is 13.0 Å². The van der Waals surface area contributed by atoms with Crippen molar-refractivity contribution in [1.82, 2.24) is 4.31 Å². The zero-order valence-electron chi connectivity index (χ0n) is 16.5. The first-order valence-corrected chi connectivity index (χ1v) is 10.8. The number of nitrogens with zero attached hydrogens (tertiary/aromatic N) is 1. The number of rotatable bonds is 8. The van der Waals surface area contributed by atoms with Crippen LogP contribution in [0, 0.1) is 13.8 Å². The van der Waals surface area contributed by atoms with Crippen LogP contribution < -0.4 is 10.1 Å². The van der Waals surface area contributed by atoms with Crippen LogP contribution in [0.3, 0.4) is 0 Å². The van der Waals surface area contributed by atoms with Crippen molar-refractivity contribution in [2.75, 3.05) is 25.0 Å². The maximum absolute atomic E-state index is 12.9. The van der Waals surface area contributed by atoms with Crippen molar-refractivity contribution >= 4 is 33.2 Å². The summed E-state index contributed by atoms with van der Waals surface area (Å²) in [5.74, 6) is 0.00756. The minimum absolute atomic E-state index is 0.0159. The third kappa shape index (κ3) is 5.25. The lowest BCUT2D eigenvalue weighted by molar-refractivity contribution is -0.116. The van der Waals surface area contributed by atoms with Gasteiger partial charge in [0.15, 0.2) is 0 Å². The Bertz CT molecular complexity index is 961. The molecule has 2 aromatic carbocycles. The summed E-state index contributed by atoms with van der Waals surface area (Å²) < 4.78 is 32.3. The van der Waals surface area contributed by atoms with Crippen molar-refractivity contribution in [2.24, 2.45) is 0 Å². The SMILES string of the molecule is CCOc1ccc(S(=O)(=O)N(CC)CC(=O)Nc2ccc(C)cc2C)cc1Cl. The third-order valence-corrected chi connectivity index (χ3v) is 6.38. The molecule has 1 amide bonds. The Morgan fingerprint density at radius 2 is 1.86 bits per heavy atom. The second-order valence-electron chi connectivity index (χ2n) is 6.32. The standard InChI is InChI=1S/C20H25ClN2O4S/c1-5-23(13-20(24)22-18-9-7-14(3)11-15(18)4)28(25,26)16-8-10-19(27-6-2)17(21)12-16/h7-12H,5-6,13H2,1-4H3,(H,22,24). The van der Waals surface area contributed by atoms with Crippen molar-refractivity contribution < 1.29 is 17.9 Å². The highest BCUT2D eigenvalue weighted by molar-refractivity contribution is 7.89. The van der Waals surface area contributed by atoms with Gasteiger partial charge in [-0.2, -0.15) is 4.31 Å². The molecule has 0 saturated carbocycles. The lowest BCUT2D eigenvalue weighted by atomic mass is 10.1. The van der Waals surface area contributed by atoms with Crippen molar-refractivity contribution in [3.63, 3.8) is 0 Å². The molecule has 0 aromatic heterocycles. The van der Waals surface area contributed by atoms with E-state index in [-0.39, 0.29) is 23.0 Å². The summed E-state index contributed by atoms with van der Waals surface area (Å²) >= 11 is 6.12. The van der Waals surface area contributed by atoms with Crippen LogP contribution in [0.2, 0.25) is 5.02 Å². The summed E-state index contributed by atoms with van der Waals surface area (Å²) in [5.41, 5.74) is 2.66. The summed E-state index contributed by atoms with van der Waals surface area (Å²) in [4.78, 5) is 12.5. The van der Waals surface area contributed by atoms with Crippen LogP contribution in [0.15, 0.2) is 41.3 Å². The van der Waals surface area contributed by atoms with E-state index in [4.69, 9.17) is 16.3 Å². The topological polar surface area (TPSA) is 75.7 Å². The minimum atomic E-state index is -3.88. The normalized spacial score (nSPS) is 11.5. The first-order chi connectivity index (χ1) is 13.2. The summed E-state index contributed by atoms with van der Waals surface area (Å²) in [7, 11) is -3.88. The molecule has 0 unspecified atom stereocenters. The van der Waals surface area contributed by atoms with Crippen LogP contribution in [-0.2, 0) is 14.8 Å². The number of nitrogens with one attached hydrogen (secondary N) is 1. The zero-order chi connectivity index (χ0) is 20.9. The summed E-state index contributed by atoms with van der Waals surface area (Å²) in [6.45, 7) is 7.62. The van der Waals surface area contributed by atoms with E-state index in [1.165, 1.54) is 18.2 Å². The van der Waals surface area contributed by atoms with Crippen LogP contribution in [0.5, 0.6) is 5.75 Å². The van der Waals surface area contributed by atoms with Crippen molar-refractivity contribution in [2.45, 2.75) is 32.6 Å². The van der Waals surface area contributed by atoms with E-state index >= 15 is 0 Å². The van der Waals surface area contributed by atoms with Gasteiger partial charge < -0.3 is 10.1 Å². The second-order valence-corrected chi connectivity index (χ2v) is 8.67. The highest BCUT2D eigenvalue weighted by Crippen LogP contribution is 2.28. The number of amides is 1. The van der Waals surface area contributed by atoms with Gasteiger partial charge in [0, 0.05) is 12.2 Å². The number of hydrogen-bond acceptors (Lipinski definition) is 4. The molecule has 2 aromatic rings. The van der Waals surface area contributed by atoms with Gasteiger partial charge >= 0.3 is 0 Å². The maximum Gasteiger partial charge on any atom is 0.243 e. The molecule has 0 bridgehead atoms. The molecule has 0 aliphatic carbocycles. The fraction of sp³-hybridized carbons (Fsp3) is 0.350. The number of carbonyl (C=O) groups is 1. The van der Waals surface area contributed by atoms with Crippen LogP contribution in [0.25, 0.3) is 0 Å². The number of anilines is 1. The third-order valence-electron chi connectivity index (χ3n) is 4.17. The first kappa shape index (κ1) is 22.2. The van der Waals surface area contributed by atoms with E-state index in [0.29, 0.717) is 18.0 Å². The number of aryl methyl sites for hydroxylation is 2. The first-order valence-electron chi connectivity index (χ1n) is 8.98. The van der Waals surface area contributed by atoms with E-state index in [2.05, 4.69) is 5.32 Å². The van der Waals surface area contributed by atoms with E-state index in [0.717, 1.165) is 15.4 Å². The number of sulfonamides is 1. The van der Waals surface area contributed by atoms with Gasteiger partial charge in [-0.1, -0.05) is 36.2 Å². The maximum atomic E-state index is 12.9. The van der Waals surface area contributed by atoms with Gasteiger partial charge in [-0.05, 0) is 50.6 Å². The molecular formula is C20H25ClN2O4S. The predicted molar refractivity (Wildman–Crippen MR) is 112 cm³/mol. The molecule has 0 radical (unpaired) electrons. The van der Waals surface area contributed by atoms with Gasteiger partial charge in [0.2, 0.25) is 15.9 Å². The lowest BCUT2D eigenvalue weighted by Gasteiger charge is -2.21. The Morgan fingerprint density at radius 3 is 2.43 bits per heavy atom. The molecule has 0 aliphatic heterocycles. The summed E-state index contributed by atoms with van der Waals surface area (Å²) in [6, 6.07) is 9.93. The number of benzene rings is 2. The molecule has 0 spiro atoms. The Labute approximate surface area is 171 Å². The van der Waals surface area contributed by atoms with E-state index in [9.17, 15) is 13.2 Å². The molecular weight excluding hydrogens is 400 g/mol. The van der Waals surface area contributed by atoms with Gasteiger partial charge in [-0.15, -0.1) is 0 Å². The Balaban J connectivity index is 2.18. The van der Waals surface area contributed by atoms with Crippen LogP contribution >= 0.6 is 11.6 Å². The number of hydrogen-bond donors (Lipinski definition) is 1. The van der Waals surface area contributed by atoms with Crippen molar-refractivity contribution in [3.05, 3.63) is 52.5 Å². The summed E-state index contributed by atoms with van der Waals surface area (Å²) in [5, 5.41) is 2.98. The molecule has 28 heavy (non-hydrogen) atoms. The fourth-order valence-corrected chi connectivity index (χ4v) is 4.47. The van der Waals surface area contributed by atoms with Crippen molar-refractivity contribution in [3.8, 4) is 5.75 Å². The lowest BCUT2D eigenvalue weighted by Crippen LogP contribution is -2.37.